The minimum atomic E-state index is -0.852. The number of amides is 2. The summed E-state index contributed by atoms with van der Waals surface area (Å²) in [4.78, 5) is 22.3. The lowest BCUT2D eigenvalue weighted by Crippen LogP contribution is -2.31. The molecule has 1 atom stereocenters. The van der Waals surface area contributed by atoms with Gasteiger partial charge in [0.1, 0.15) is 0 Å². The Morgan fingerprint density at radius 1 is 1.35 bits per heavy atom. The van der Waals surface area contributed by atoms with E-state index < -0.39 is 11.9 Å². The van der Waals surface area contributed by atoms with Crippen LogP contribution in [0.3, 0.4) is 0 Å². The van der Waals surface area contributed by atoms with Gasteiger partial charge in [0.15, 0.2) is 0 Å². The summed E-state index contributed by atoms with van der Waals surface area (Å²) in [5.74, 6) is -1.31. The predicted molar refractivity (Wildman–Crippen MR) is 80.3 cm³/mol. The number of carboxylic acid groups (broad SMARTS) is 1. The molecule has 1 heterocycles. The van der Waals surface area contributed by atoms with E-state index in [1.807, 2.05) is 29.6 Å². The van der Waals surface area contributed by atoms with E-state index in [0.717, 1.165) is 11.1 Å². The van der Waals surface area contributed by atoms with E-state index in [-0.39, 0.29) is 6.03 Å². The highest BCUT2D eigenvalue weighted by Gasteiger charge is 2.10. The zero-order valence-corrected chi connectivity index (χ0v) is 11.9. The van der Waals surface area contributed by atoms with Crippen LogP contribution in [-0.4, -0.2) is 23.7 Å². The third-order valence-corrected chi connectivity index (χ3v) is 3.89. The van der Waals surface area contributed by atoms with Gasteiger partial charge in [0, 0.05) is 16.9 Å². The molecule has 20 heavy (non-hydrogen) atoms. The van der Waals surface area contributed by atoms with Gasteiger partial charge in [-0.15, -0.1) is 11.3 Å². The van der Waals surface area contributed by atoms with Crippen LogP contribution in [-0.2, 0) is 4.79 Å². The minimum Gasteiger partial charge on any atom is -0.481 e. The quantitative estimate of drug-likeness (QED) is 0.792. The van der Waals surface area contributed by atoms with Crippen LogP contribution < -0.4 is 10.6 Å². The Bertz CT molecular complexity index is 624. The summed E-state index contributed by atoms with van der Waals surface area (Å²) < 4.78 is 1.17. The Balaban J connectivity index is 1.83. The maximum absolute atomic E-state index is 11.7. The molecule has 0 fully saturated rings. The fourth-order valence-electron chi connectivity index (χ4n) is 1.75. The smallest absolute Gasteiger partial charge is 0.319 e. The summed E-state index contributed by atoms with van der Waals surface area (Å²) >= 11 is 1.65. The van der Waals surface area contributed by atoms with Crippen LogP contribution in [0.2, 0.25) is 0 Å². The second-order valence-corrected chi connectivity index (χ2v) is 5.53. The Hall–Kier alpha value is -2.08. The summed E-state index contributed by atoms with van der Waals surface area (Å²) in [6, 6.07) is 7.39. The summed E-state index contributed by atoms with van der Waals surface area (Å²) in [5, 5.41) is 17.2. The molecule has 0 saturated heterocycles. The van der Waals surface area contributed by atoms with E-state index in [0.29, 0.717) is 13.0 Å². The molecule has 0 aliphatic carbocycles. The minimum absolute atomic E-state index is 0.322. The van der Waals surface area contributed by atoms with E-state index in [1.165, 1.54) is 4.70 Å². The van der Waals surface area contributed by atoms with Crippen molar-refractivity contribution in [3.05, 3.63) is 29.6 Å². The predicted octanol–water partition coefficient (Wildman–Crippen LogP) is 3.13. The second kappa shape index (κ2) is 6.38. The van der Waals surface area contributed by atoms with Crippen LogP contribution in [0, 0.1) is 5.92 Å². The van der Waals surface area contributed by atoms with E-state index in [2.05, 4.69) is 10.6 Å². The molecule has 106 valence electrons. The van der Waals surface area contributed by atoms with E-state index in [4.69, 9.17) is 5.11 Å². The van der Waals surface area contributed by atoms with Crippen molar-refractivity contribution < 1.29 is 14.7 Å². The Kier molecular flexibility index (Phi) is 4.57. The molecule has 0 saturated carbocycles. The van der Waals surface area contributed by atoms with Gasteiger partial charge in [0.2, 0.25) is 0 Å². The second-order valence-electron chi connectivity index (χ2n) is 4.58. The number of carbonyl (C=O) groups is 2. The van der Waals surface area contributed by atoms with Crippen molar-refractivity contribution in [3.63, 3.8) is 0 Å². The first-order chi connectivity index (χ1) is 9.56. The number of rotatable bonds is 5. The van der Waals surface area contributed by atoms with E-state index in [9.17, 15) is 9.59 Å². The molecule has 2 rings (SSSR count). The first kappa shape index (κ1) is 14.3. The number of benzene rings is 1. The lowest BCUT2D eigenvalue weighted by molar-refractivity contribution is -0.141. The fraction of sp³-hybridized carbons (Fsp3) is 0.286. The van der Waals surface area contributed by atoms with Crippen molar-refractivity contribution in [2.24, 2.45) is 5.92 Å². The van der Waals surface area contributed by atoms with Crippen LogP contribution in [0.15, 0.2) is 29.6 Å². The zero-order chi connectivity index (χ0) is 14.5. The SMILES string of the molecule is CC(CCNC(=O)Nc1ccc2sccc2c1)C(=O)O. The standard InChI is InChI=1S/C14H16N2O3S/c1-9(13(17)18)4-6-15-14(19)16-11-2-3-12-10(8-11)5-7-20-12/h2-3,5,7-9H,4,6H2,1H3,(H,17,18)(H2,15,16,19). The van der Waals surface area contributed by atoms with Crippen molar-refractivity contribution in [1.29, 1.82) is 0 Å². The lowest BCUT2D eigenvalue weighted by Gasteiger charge is -2.09. The molecule has 2 amide bonds. The summed E-state index contributed by atoms with van der Waals surface area (Å²) in [6.07, 6.45) is 0.409. The molecule has 1 aromatic heterocycles. The first-order valence-corrected chi connectivity index (χ1v) is 7.19. The van der Waals surface area contributed by atoms with E-state index in [1.54, 1.807) is 18.3 Å². The van der Waals surface area contributed by atoms with E-state index >= 15 is 0 Å². The van der Waals surface area contributed by atoms with Gasteiger partial charge in [-0.1, -0.05) is 6.92 Å². The van der Waals surface area contributed by atoms with Gasteiger partial charge in [0.25, 0.3) is 0 Å². The number of urea groups is 1. The Morgan fingerprint density at radius 3 is 2.90 bits per heavy atom. The third kappa shape index (κ3) is 3.71. The molecule has 1 unspecified atom stereocenters. The third-order valence-electron chi connectivity index (χ3n) is 2.99. The molecule has 0 aliphatic rings. The number of fused-ring (bicyclic) bond motifs is 1. The number of anilines is 1. The summed E-state index contributed by atoms with van der Waals surface area (Å²) in [5.41, 5.74) is 0.722. The molecule has 5 nitrogen and oxygen atoms in total. The van der Waals surface area contributed by atoms with Crippen LogP contribution in [0.1, 0.15) is 13.3 Å². The molecule has 3 N–H and O–H groups in total. The molecule has 0 bridgehead atoms. The zero-order valence-electron chi connectivity index (χ0n) is 11.1. The molecule has 2 aromatic rings. The normalized spacial score (nSPS) is 12.1. The van der Waals surface area contributed by atoms with Crippen molar-refractivity contribution in [1.82, 2.24) is 5.32 Å². The highest BCUT2D eigenvalue weighted by Crippen LogP contribution is 2.23. The number of hydrogen-bond donors (Lipinski definition) is 3. The number of thiophene rings is 1. The molecule has 0 aliphatic heterocycles. The van der Waals surface area contributed by atoms with Crippen LogP contribution in [0.25, 0.3) is 10.1 Å². The van der Waals surface area contributed by atoms with Crippen molar-refractivity contribution in [3.8, 4) is 0 Å². The van der Waals surface area contributed by atoms with Gasteiger partial charge in [0.05, 0.1) is 5.92 Å². The molecule has 0 spiro atoms. The summed E-state index contributed by atoms with van der Waals surface area (Å²) in [7, 11) is 0. The topological polar surface area (TPSA) is 78.4 Å². The van der Waals surface area contributed by atoms with Crippen LogP contribution in [0.4, 0.5) is 10.5 Å². The van der Waals surface area contributed by atoms with Crippen molar-refractivity contribution >= 4 is 39.1 Å². The van der Waals surface area contributed by atoms with Gasteiger partial charge in [-0.2, -0.15) is 0 Å². The number of carboxylic acids is 1. The molecular weight excluding hydrogens is 276 g/mol. The number of hydrogen-bond acceptors (Lipinski definition) is 3. The lowest BCUT2D eigenvalue weighted by atomic mass is 10.1. The van der Waals surface area contributed by atoms with Gasteiger partial charge >= 0.3 is 12.0 Å². The largest absolute Gasteiger partial charge is 0.481 e. The highest BCUT2D eigenvalue weighted by molar-refractivity contribution is 7.17. The maximum Gasteiger partial charge on any atom is 0.319 e. The highest BCUT2D eigenvalue weighted by atomic mass is 32.1. The molecular formula is C14H16N2O3S. The maximum atomic E-state index is 11.7. The Labute approximate surface area is 120 Å². The first-order valence-electron chi connectivity index (χ1n) is 6.31. The number of nitrogens with one attached hydrogen (secondary N) is 2. The van der Waals surface area contributed by atoms with Crippen molar-refractivity contribution in [2.45, 2.75) is 13.3 Å². The van der Waals surface area contributed by atoms with Gasteiger partial charge in [-0.25, -0.2) is 4.79 Å². The molecule has 0 radical (unpaired) electrons. The van der Waals surface area contributed by atoms with Crippen LogP contribution >= 0.6 is 11.3 Å². The van der Waals surface area contributed by atoms with Gasteiger partial charge in [-0.3, -0.25) is 4.79 Å². The van der Waals surface area contributed by atoms with Crippen LogP contribution in [0.5, 0.6) is 0 Å². The molecule has 1 aromatic carbocycles. The average Bonchev–Trinajstić information content (AvgIpc) is 2.85. The van der Waals surface area contributed by atoms with Gasteiger partial charge < -0.3 is 15.7 Å². The Morgan fingerprint density at radius 2 is 2.15 bits per heavy atom. The fourth-order valence-corrected chi connectivity index (χ4v) is 2.52. The average molecular weight is 292 g/mol. The molecule has 6 heteroatoms. The number of carbonyl (C=O) groups excluding carboxylic acids is 1. The monoisotopic (exact) mass is 292 g/mol. The number of aliphatic carboxylic acids is 1. The van der Waals surface area contributed by atoms with Crippen molar-refractivity contribution in [2.75, 3.05) is 11.9 Å². The summed E-state index contributed by atoms with van der Waals surface area (Å²) in [6.45, 7) is 1.95. The van der Waals surface area contributed by atoms with Gasteiger partial charge in [-0.05, 0) is 41.5 Å².